The molecular weight excluding hydrogens is 186 g/mol. The zero-order valence-electron chi connectivity index (χ0n) is 9.84. The summed E-state index contributed by atoms with van der Waals surface area (Å²) in [6.45, 7) is 4.17. The Labute approximate surface area is 93.8 Å². The first-order valence-electron chi connectivity index (χ1n) is 6.73. The molecule has 2 heteroatoms. The Kier molecular flexibility index (Phi) is 4.94. The van der Waals surface area contributed by atoms with E-state index in [0.717, 1.165) is 31.6 Å². The van der Waals surface area contributed by atoms with Crippen LogP contribution in [-0.2, 0) is 4.74 Å². The highest BCUT2D eigenvalue weighted by atomic mass is 16.5. The van der Waals surface area contributed by atoms with Gasteiger partial charge in [0.25, 0.3) is 0 Å². The van der Waals surface area contributed by atoms with Gasteiger partial charge in [0.15, 0.2) is 0 Å². The van der Waals surface area contributed by atoms with Crippen LogP contribution in [0.25, 0.3) is 0 Å². The maximum absolute atomic E-state index is 5.58. The molecule has 0 atom stereocenters. The quantitative estimate of drug-likeness (QED) is 0.654. The van der Waals surface area contributed by atoms with Gasteiger partial charge in [-0.25, -0.2) is 0 Å². The molecule has 2 rings (SSSR count). The molecule has 0 aromatic heterocycles. The van der Waals surface area contributed by atoms with Crippen molar-refractivity contribution in [1.29, 1.82) is 0 Å². The van der Waals surface area contributed by atoms with E-state index in [1.807, 2.05) is 0 Å². The van der Waals surface area contributed by atoms with Crippen LogP contribution in [0.1, 0.15) is 44.9 Å². The Bertz CT molecular complexity index is 162. The highest BCUT2D eigenvalue weighted by molar-refractivity contribution is 4.72. The van der Waals surface area contributed by atoms with Crippen molar-refractivity contribution in [1.82, 2.24) is 5.32 Å². The summed E-state index contributed by atoms with van der Waals surface area (Å²) >= 11 is 0. The van der Waals surface area contributed by atoms with E-state index in [9.17, 15) is 0 Å². The SMILES string of the molecule is C1CCC(CNCCOCC2CC2)CC1. The fraction of sp³-hybridized carbons (Fsp3) is 1.00. The third kappa shape index (κ3) is 4.98. The molecule has 0 aromatic carbocycles. The van der Waals surface area contributed by atoms with Gasteiger partial charge in [0.2, 0.25) is 0 Å². The maximum Gasteiger partial charge on any atom is 0.0591 e. The molecule has 2 aliphatic rings. The second kappa shape index (κ2) is 6.49. The van der Waals surface area contributed by atoms with Crippen molar-refractivity contribution < 1.29 is 4.74 Å². The first-order chi connectivity index (χ1) is 7.45. The minimum Gasteiger partial charge on any atom is -0.380 e. The third-order valence-corrected chi connectivity index (χ3v) is 3.63. The molecule has 0 unspecified atom stereocenters. The van der Waals surface area contributed by atoms with Crippen LogP contribution >= 0.6 is 0 Å². The molecule has 15 heavy (non-hydrogen) atoms. The van der Waals surface area contributed by atoms with Gasteiger partial charge in [-0.2, -0.15) is 0 Å². The Balaban J connectivity index is 1.37. The summed E-state index contributed by atoms with van der Waals surface area (Å²) in [5.41, 5.74) is 0. The molecule has 0 heterocycles. The average Bonchev–Trinajstić information content (AvgIpc) is 3.09. The molecule has 0 amide bonds. The van der Waals surface area contributed by atoms with Gasteiger partial charge in [-0.1, -0.05) is 19.3 Å². The van der Waals surface area contributed by atoms with Crippen molar-refractivity contribution in [2.75, 3.05) is 26.3 Å². The molecule has 1 N–H and O–H groups in total. The molecule has 0 aromatic rings. The largest absolute Gasteiger partial charge is 0.380 e. The molecule has 2 saturated carbocycles. The fourth-order valence-electron chi connectivity index (χ4n) is 2.38. The molecule has 2 fully saturated rings. The Morgan fingerprint density at radius 1 is 0.933 bits per heavy atom. The molecule has 2 aliphatic carbocycles. The molecule has 0 saturated heterocycles. The lowest BCUT2D eigenvalue weighted by molar-refractivity contribution is 0.125. The van der Waals surface area contributed by atoms with Crippen LogP contribution in [0.5, 0.6) is 0 Å². The van der Waals surface area contributed by atoms with E-state index in [0.29, 0.717) is 0 Å². The maximum atomic E-state index is 5.58. The van der Waals surface area contributed by atoms with E-state index in [4.69, 9.17) is 4.74 Å². The molecular formula is C13H25NO. The van der Waals surface area contributed by atoms with Crippen molar-refractivity contribution in [2.45, 2.75) is 44.9 Å². The van der Waals surface area contributed by atoms with Crippen molar-refractivity contribution in [3.05, 3.63) is 0 Å². The smallest absolute Gasteiger partial charge is 0.0591 e. The zero-order chi connectivity index (χ0) is 10.3. The minimum absolute atomic E-state index is 0.906. The third-order valence-electron chi connectivity index (χ3n) is 3.63. The monoisotopic (exact) mass is 211 g/mol. The topological polar surface area (TPSA) is 21.3 Å². The number of hydrogen-bond donors (Lipinski definition) is 1. The van der Waals surface area contributed by atoms with Crippen LogP contribution in [0.15, 0.2) is 0 Å². The van der Waals surface area contributed by atoms with Crippen LogP contribution in [-0.4, -0.2) is 26.3 Å². The van der Waals surface area contributed by atoms with E-state index in [-0.39, 0.29) is 0 Å². The van der Waals surface area contributed by atoms with Gasteiger partial charge in [0, 0.05) is 13.2 Å². The summed E-state index contributed by atoms with van der Waals surface area (Å²) < 4.78 is 5.58. The van der Waals surface area contributed by atoms with Crippen molar-refractivity contribution in [2.24, 2.45) is 11.8 Å². The molecule has 0 radical (unpaired) electrons. The highest BCUT2D eigenvalue weighted by Crippen LogP contribution is 2.28. The van der Waals surface area contributed by atoms with E-state index in [2.05, 4.69) is 5.32 Å². The van der Waals surface area contributed by atoms with Gasteiger partial charge in [-0.3, -0.25) is 0 Å². The number of nitrogens with one attached hydrogen (secondary N) is 1. The summed E-state index contributed by atoms with van der Waals surface area (Å²) in [6.07, 6.45) is 10.0. The zero-order valence-corrected chi connectivity index (χ0v) is 9.84. The first kappa shape index (κ1) is 11.4. The van der Waals surface area contributed by atoms with Gasteiger partial charge in [-0.05, 0) is 44.1 Å². The molecule has 0 spiro atoms. The van der Waals surface area contributed by atoms with Gasteiger partial charge < -0.3 is 10.1 Å². The Hall–Kier alpha value is -0.0800. The molecule has 88 valence electrons. The summed E-state index contributed by atoms with van der Waals surface area (Å²) in [5.74, 6) is 1.85. The Morgan fingerprint density at radius 3 is 2.47 bits per heavy atom. The molecule has 0 aliphatic heterocycles. The van der Waals surface area contributed by atoms with Crippen LogP contribution in [0.4, 0.5) is 0 Å². The normalized spacial score (nSPS) is 23.2. The van der Waals surface area contributed by atoms with E-state index >= 15 is 0 Å². The summed E-state index contributed by atoms with van der Waals surface area (Å²) in [6, 6.07) is 0. The van der Waals surface area contributed by atoms with E-state index < -0.39 is 0 Å². The second-order valence-electron chi connectivity index (χ2n) is 5.23. The summed E-state index contributed by atoms with van der Waals surface area (Å²) in [7, 11) is 0. The Morgan fingerprint density at radius 2 is 1.73 bits per heavy atom. The lowest BCUT2D eigenvalue weighted by atomic mass is 9.89. The minimum atomic E-state index is 0.906. The number of ether oxygens (including phenoxy) is 1. The molecule has 2 nitrogen and oxygen atoms in total. The predicted octanol–water partition coefficient (Wildman–Crippen LogP) is 2.58. The van der Waals surface area contributed by atoms with Crippen LogP contribution in [0.2, 0.25) is 0 Å². The van der Waals surface area contributed by atoms with Crippen molar-refractivity contribution in [3.63, 3.8) is 0 Å². The highest BCUT2D eigenvalue weighted by Gasteiger charge is 2.20. The molecule has 0 bridgehead atoms. The second-order valence-corrected chi connectivity index (χ2v) is 5.23. The van der Waals surface area contributed by atoms with Crippen LogP contribution < -0.4 is 5.32 Å². The van der Waals surface area contributed by atoms with Gasteiger partial charge in [0.05, 0.1) is 6.61 Å². The van der Waals surface area contributed by atoms with Gasteiger partial charge in [0.1, 0.15) is 0 Å². The average molecular weight is 211 g/mol. The number of hydrogen-bond acceptors (Lipinski definition) is 2. The predicted molar refractivity (Wildman–Crippen MR) is 63.0 cm³/mol. The van der Waals surface area contributed by atoms with Gasteiger partial charge in [-0.15, -0.1) is 0 Å². The van der Waals surface area contributed by atoms with Crippen molar-refractivity contribution in [3.8, 4) is 0 Å². The van der Waals surface area contributed by atoms with Crippen molar-refractivity contribution >= 4 is 0 Å². The van der Waals surface area contributed by atoms with Gasteiger partial charge >= 0.3 is 0 Å². The lowest BCUT2D eigenvalue weighted by Crippen LogP contribution is -2.27. The standard InChI is InChI=1S/C13H25NO/c1-2-4-12(5-3-1)10-14-8-9-15-11-13-6-7-13/h12-14H,1-11H2. The lowest BCUT2D eigenvalue weighted by Gasteiger charge is -2.21. The van der Waals surface area contributed by atoms with Crippen LogP contribution in [0.3, 0.4) is 0 Å². The fourth-order valence-corrected chi connectivity index (χ4v) is 2.38. The summed E-state index contributed by atoms with van der Waals surface area (Å²) in [5, 5.41) is 3.52. The first-order valence-corrected chi connectivity index (χ1v) is 6.73. The van der Waals surface area contributed by atoms with E-state index in [1.165, 1.54) is 51.5 Å². The van der Waals surface area contributed by atoms with E-state index in [1.54, 1.807) is 0 Å². The summed E-state index contributed by atoms with van der Waals surface area (Å²) in [4.78, 5) is 0. The van der Waals surface area contributed by atoms with Crippen LogP contribution in [0, 0.1) is 11.8 Å². The number of rotatable bonds is 7.